The maximum absolute atomic E-state index is 12.6. The van der Waals surface area contributed by atoms with Gasteiger partial charge in [0.05, 0.1) is 12.2 Å². The molecule has 0 spiro atoms. The van der Waals surface area contributed by atoms with Gasteiger partial charge in [0.2, 0.25) is 0 Å². The maximum Gasteiger partial charge on any atom is 0.320 e. The van der Waals surface area contributed by atoms with Crippen molar-refractivity contribution in [3.8, 4) is 0 Å². The molecule has 1 heterocycles. The van der Waals surface area contributed by atoms with E-state index in [0.29, 0.717) is 23.6 Å². The summed E-state index contributed by atoms with van der Waals surface area (Å²) < 4.78 is 0. The number of hydrogen-bond acceptors (Lipinski definition) is 6. The van der Waals surface area contributed by atoms with Crippen molar-refractivity contribution in [2.45, 2.75) is 13.2 Å². The second-order valence-electron chi connectivity index (χ2n) is 6.82. The van der Waals surface area contributed by atoms with E-state index in [9.17, 15) is 9.59 Å². The molecule has 0 aliphatic rings. The Morgan fingerprint density at radius 3 is 2.50 bits per heavy atom. The van der Waals surface area contributed by atoms with Gasteiger partial charge in [0.15, 0.2) is 0 Å². The van der Waals surface area contributed by atoms with Gasteiger partial charge in [-0.2, -0.15) is 0 Å². The minimum atomic E-state index is -0.350. The quantitative estimate of drug-likeness (QED) is 0.330. The zero-order valence-electron chi connectivity index (χ0n) is 17.9. The number of hydroxylamine groups is 1. The molecule has 0 unspecified atom stereocenters. The summed E-state index contributed by atoms with van der Waals surface area (Å²) in [6, 6.07) is 18.1. The van der Waals surface area contributed by atoms with E-state index in [0.717, 1.165) is 16.8 Å². The highest BCUT2D eigenvalue weighted by Gasteiger charge is 2.11. The van der Waals surface area contributed by atoms with Crippen molar-refractivity contribution in [2.24, 2.45) is 0 Å². The molecule has 0 atom stereocenters. The van der Waals surface area contributed by atoms with E-state index >= 15 is 0 Å². The monoisotopic (exact) mass is 434 g/mol. The van der Waals surface area contributed by atoms with Crippen molar-refractivity contribution in [2.75, 3.05) is 30.0 Å². The first kappa shape index (κ1) is 22.6. The lowest BCUT2D eigenvalue weighted by Crippen LogP contribution is -2.25. The first-order chi connectivity index (χ1) is 15.6. The standard InChI is InChI=1S/C23H26N6O3/c1-24-18-9-7-16(8-10-18)15-32-29-22(30)19-5-3-4-6-20(19)27-14-17-11-12-26-21(13-17)28-23(31)25-2/h3-13,24,27H,14-15H2,1-2H3,(H,29,30)(H2,25,26,28,31). The van der Waals surface area contributed by atoms with E-state index < -0.39 is 0 Å². The van der Waals surface area contributed by atoms with Gasteiger partial charge >= 0.3 is 6.03 Å². The van der Waals surface area contributed by atoms with Gasteiger partial charge < -0.3 is 16.0 Å². The predicted octanol–water partition coefficient (Wildman–Crippen LogP) is 3.35. The number of hydrogen-bond donors (Lipinski definition) is 5. The third-order valence-electron chi connectivity index (χ3n) is 4.59. The number of pyridine rings is 1. The molecule has 3 rings (SSSR count). The Labute approximate surface area is 186 Å². The molecule has 0 aliphatic heterocycles. The van der Waals surface area contributed by atoms with Crippen LogP contribution in [0.4, 0.5) is 22.0 Å². The maximum atomic E-state index is 12.6. The Hall–Kier alpha value is -4.11. The number of urea groups is 1. The van der Waals surface area contributed by atoms with Crippen molar-refractivity contribution < 1.29 is 14.4 Å². The topological polar surface area (TPSA) is 116 Å². The molecule has 9 nitrogen and oxygen atoms in total. The first-order valence-corrected chi connectivity index (χ1v) is 10.0. The highest BCUT2D eigenvalue weighted by atomic mass is 16.6. The summed E-state index contributed by atoms with van der Waals surface area (Å²) in [7, 11) is 3.39. The minimum absolute atomic E-state index is 0.253. The van der Waals surface area contributed by atoms with Crippen LogP contribution in [0.15, 0.2) is 66.9 Å². The predicted molar refractivity (Wildman–Crippen MR) is 124 cm³/mol. The Balaban J connectivity index is 1.57. The number of anilines is 3. The van der Waals surface area contributed by atoms with Crippen molar-refractivity contribution >= 4 is 29.1 Å². The SMILES string of the molecule is CNC(=O)Nc1cc(CNc2ccccc2C(=O)NOCc2ccc(NC)cc2)ccn1. The van der Waals surface area contributed by atoms with Crippen LogP contribution < -0.4 is 26.7 Å². The number of nitrogens with one attached hydrogen (secondary N) is 5. The average Bonchev–Trinajstić information content (AvgIpc) is 2.83. The molecule has 5 N–H and O–H groups in total. The molecule has 2 aromatic carbocycles. The van der Waals surface area contributed by atoms with E-state index in [2.05, 4.69) is 31.7 Å². The summed E-state index contributed by atoms with van der Waals surface area (Å²) in [4.78, 5) is 33.6. The van der Waals surface area contributed by atoms with E-state index in [1.165, 1.54) is 7.05 Å². The molecular weight excluding hydrogens is 408 g/mol. The number of nitrogens with zero attached hydrogens (tertiary/aromatic N) is 1. The van der Waals surface area contributed by atoms with Gasteiger partial charge in [0.1, 0.15) is 5.82 Å². The molecule has 0 radical (unpaired) electrons. The Kier molecular flexibility index (Phi) is 7.99. The van der Waals surface area contributed by atoms with Gasteiger partial charge in [-0.1, -0.05) is 24.3 Å². The molecule has 3 amide bonds. The van der Waals surface area contributed by atoms with Gasteiger partial charge in [0.25, 0.3) is 5.91 Å². The van der Waals surface area contributed by atoms with Crippen molar-refractivity contribution in [1.82, 2.24) is 15.8 Å². The largest absolute Gasteiger partial charge is 0.388 e. The zero-order chi connectivity index (χ0) is 22.8. The number of para-hydroxylation sites is 1. The van der Waals surface area contributed by atoms with Crippen LogP contribution in [-0.2, 0) is 18.0 Å². The van der Waals surface area contributed by atoms with E-state index in [-0.39, 0.29) is 18.5 Å². The van der Waals surface area contributed by atoms with Crippen LogP contribution in [0.5, 0.6) is 0 Å². The summed E-state index contributed by atoms with van der Waals surface area (Å²) >= 11 is 0. The molecule has 0 aliphatic carbocycles. The number of aromatic nitrogens is 1. The molecule has 166 valence electrons. The molecular formula is C23H26N6O3. The number of carbonyl (C=O) groups excluding carboxylic acids is 2. The van der Waals surface area contributed by atoms with Gasteiger partial charge in [-0.25, -0.2) is 15.3 Å². The van der Waals surface area contributed by atoms with Crippen LogP contribution in [0.1, 0.15) is 21.5 Å². The van der Waals surface area contributed by atoms with Crippen molar-refractivity contribution in [3.05, 3.63) is 83.6 Å². The lowest BCUT2D eigenvalue weighted by molar-refractivity contribution is 0.0234. The third kappa shape index (κ3) is 6.44. The first-order valence-electron chi connectivity index (χ1n) is 10.0. The molecule has 1 aromatic heterocycles. The van der Waals surface area contributed by atoms with E-state index in [1.807, 2.05) is 49.5 Å². The smallest absolute Gasteiger partial charge is 0.320 e. The van der Waals surface area contributed by atoms with Crippen LogP contribution >= 0.6 is 0 Å². The molecule has 0 saturated carbocycles. The number of amides is 3. The average molecular weight is 435 g/mol. The van der Waals surface area contributed by atoms with Crippen LogP contribution in [0, 0.1) is 0 Å². The second kappa shape index (κ2) is 11.3. The lowest BCUT2D eigenvalue weighted by Gasteiger charge is -2.13. The zero-order valence-corrected chi connectivity index (χ0v) is 17.9. The molecule has 0 fully saturated rings. The second-order valence-corrected chi connectivity index (χ2v) is 6.82. The van der Waals surface area contributed by atoms with Crippen molar-refractivity contribution in [3.63, 3.8) is 0 Å². The summed E-state index contributed by atoms with van der Waals surface area (Å²) in [5.74, 6) is 0.0856. The normalized spacial score (nSPS) is 10.2. The third-order valence-corrected chi connectivity index (χ3v) is 4.59. The van der Waals surface area contributed by atoms with Gasteiger partial charge in [-0.05, 0) is 47.5 Å². The fraction of sp³-hybridized carbons (Fsp3) is 0.174. The highest BCUT2D eigenvalue weighted by molar-refractivity contribution is 5.99. The lowest BCUT2D eigenvalue weighted by atomic mass is 10.1. The van der Waals surface area contributed by atoms with Crippen molar-refractivity contribution in [1.29, 1.82) is 0 Å². The highest BCUT2D eigenvalue weighted by Crippen LogP contribution is 2.17. The number of benzene rings is 2. The van der Waals surface area contributed by atoms with Crippen LogP contribution in [0.3, 0.4) is 0 Å². The van der Waals surface area contributed by atoms with E-state index in [4.69, 9.17) is 4.84 Å². The summed E-state index contributed by atoms with van der Waals surface area (Å²) in [5, 5.41) is 11.4. The van der Waals surface area contributed by atoms with Gasteiger partial charge in [0, 0.05) is 38.2 Å². The molecule has 9 heteroatoms. The Morgan fingerprint density at radius 2 is 1.75 bits per heavy atom. The summed E-state index contributed by atoms with van der Waals surface area (Å²) in [5.41, 5.74) is 6.44. The molecule has 0 bridgehead atoms. The summed E-state index contributed by atoms with van der Waals surface area (Å²) in [6.07, 6.45) is 1.61. The number of rotatable bonds is 9. The fourth-order valence-electron chi connectivity index (χ4n) is 2.87. The fourth-order valence-corrected chi connectivity index (χ4v) is 2.87. The summed E-state index contributed by atoms with van der Waals surface area (Å²) in [6.45, 7) is 0.692. The van der Waals surface area contributed by atoms with Crippen LogP contribution in [0.2, 0.25) is 0 Å². The van der Waals surface area contributed by atoms with Crippen LogP contribution in [0.25, 0.3) is 0 Å². The minimum Gasteiger partial charge on any atom is -0.388 e. The van der Waals surface area contributed by atoms with Crippen LogP contribution in [-0.4, -0.2) is 31.0 Å². The molecule has 32 heavy (non-hydrogen) atoms. The number of carbonyl (C=O) groups is 2. The van der Waals surface area contributed by atoms with Gasteiger partial charge in [-0.15, -0.1) is 0 Å². The molecule has 0 saturated heterocycles. The van der Waals surface area contributed by atoms with Gasteiger partial charge in [-0.3, -0.25) is 14.9 Å². The van der Waals surface area contributed by atoms with E-state index in [1.54, 1.807) is 24.4 Å². The Morgan fingerprint density at radius 1 is 0.969 bits per heavy atom. The molecule has 3 aromatic rings. The Bertz CT molecular complexity index is 1060.